The van der Waals surface area contributed by atoms with Crippen molar-refractivity contribution < 1.29 is 5.11 Å². The predicted octanol–water partition coefficient (Wildman–Crippen LogP) is 3.43. The fraction of sp³-hybridized carbons (Fsp3) is 0.600. The number of benzene rings is 1. The Labute approximate surface area is 104 Å². The molecule has 1 N–H and O–H groups in total. The van der Waals surface area contributed by atoms with Gasteiger partial charge in [0.1, 0.15) is 5.75 Å². The first-order valence-electron chi connectivity index (χ1n) is 6.61. The van der Waals surface area contributed by atoms with Crippen LogP contribution < -0.4 is 0 Å². The number of aromatic hydroxyl groups is 1. The Morgan fingerprint density at radius 2 is 1.94 bits per heavy atom. The fourth-order valence-corrected chi connectivity index (χ4v) is 2.75. The summed E-state index contributed by atoms with van der Waals surface area (Å²) in [6.45, 7) is 9.11. The molecule has 1 aromatic rings. The van der Waals surface area contributed by atoms with Gasteiger partial charge in [-0.3, -0.25) is 4.90 Å². The Balaban J connectivity index is 2.07. The molecule has 1 heterocycles. The summed E-state index contributed by atoms with van der Waals surface area (Å²) in [7, 11) is 0. The van der Waals surface area contributed by atoms with Crippen LogP contribution in [0.2, 0.25) is 0 Å². The molecular formula is C15H23NO. The second-order valence-corrected chi connectivity index (χ2v) is 5.52. The van der Waals surface area contributed by atoms with Gasteiger partial charge in [0, 0.05) is 18.2 Å². The molecule has 0 amide bonds. The Morgan fingerprint density at radius 3 is 2.53 bits per heavy atom. The van der Waals surface area contributed by atoms with E-state index in [0.29, 0.717) is 11.8 Å². The van der Waals surface area contributed by atoms with Crippen LogP contribution in [-0.2, 0) is 0 Å². The van der Waals surface area contributed by atoms with Crippen molar-refractivity contribution in [1.29, 1.82) is 0 Å². The van der Waals surface area contributed by atoms with E-state index in [2.05, 4.69) is 25.7 Å². The summed E-state index contributed by atoms with van der Waals surface area (Å²) in [4.78, 5) is 2.49. The third-order valence-electron chi connectivity index (χ3n) is 4.13. The topological polar surface area (TPSA) is 23.5 Å². The van der Waals surface area contributed by atoms with E-state index in [0.717, 1.165) is 30.5 Å². The fourth-order valence-electron chi connectivity index (χ4n) is 2.75. The van der Waals surface area contributed by atoms with Crippen molar-refractivity contribution in [2.45, 2.75) is 33.2 Å². The molecule has 2 heteroatoms. The smallest absolute Gasteiger partial charge is 0.120 e. The maximum Gasteiger partial charge on any atom is 0.120 e. The van der Waals surface area contributed by atoms with Gasteiger partial charge in [0.15, 0.2) is 0 Å². The first-order valence-corrected chi connectivity index (χ1v) is 6.61. The van der Waals surface area contributed by atoms with Crippen LogP contribution in [-0.4, -0.2) is 23.1 Å². The van der Waals surface area contributed by atoms with Crippen molar-refractivity contribution in [1.82, 2.24) is 4.90 Å². The molecule has 1 aliphatic heterocycles. The van der Waals surface area contributed by atoms with Gasteiger partial charge in [-0.2, -0.15) is 0 Å². The highest BCUT2D eigenvalue weighted by molar-refractivity contribution is 5.34. The number of phenolic OH excluding ortho intramolecular Hbond substituents is 1. The second kappa shape index (κ2) is 5.09. The number of hydrogen-bond acceptors (Lipinski definition) is 2. The molecule has 1 aromatic carbocycles. The van der Waals surface area contributed by atoms with Crippen molar-refractivity contribution in [2.75, 3.05) is 13.1 Å². The minimum Gasteiger partial charge on any atom is -0.508 e. The third kappa shape index (κ3) is 2.63. The normalized spacial score (nSPS) is 23.2. The molecule has 0 spiro atoms. The number of hydrogen-bond donors (Lipinski definition) is 1. The molecule has 1 saturated heterocycles. The number of para-hydroxylation sites is 1. The minimum atomic E-state index is 0.319. The zero-order valence-electron chi connectivity index (χ0n) is 11.1. The zero-order chi connectivity index (χ0) is 12.4. The lowest BCUT2D eigenvalue weighted by Crippen LogP contribution is -2.25. The maximum absolute atomic E-state index is 9.89. The third-order valence-corrected chi connectivity index (χ3v) is 4.13. The van der Waals surface area contributed by atoms with Crippen LogP contribution in [0.1, 0.15) is 38.8 Å². The van der Waals surface area contributed by atoms with Crippen LogP contribution in [0, 0.1) is 11.8 Å². The van der Waals surface area contributed by atoms with E-state index < -0.39 is 0 Å². The summed E-state index contributed by atoms with van der Waals surface area (Å²) >= 11 is 0. The van der Waals surface area contributed by atoms with Gasteiger partial charge >= 0.3 is 0 Å². The summed E-state index contributed by atoms with van der Waals surface area (Å²) in [5.41, 5.74) is 1.05. The summed E-state index contributed by atoms with van der Waals surface area (Å²) < 4.78 is 0. The Morgan fingerprint density at radius 1 is 1.24 bits per heavy atom. The SMILES string of the molecule is CC(C)C1CCN(C(C)c2ccccc2O)C1. The van der Waals surface area contributed by atoms with Crippen molar-refractivity contribution >= 4 is 0 Å². The van der Waals surface area contributed by atoms with Crippen molar-refractivity contribution in [3.05, 3.63) is 29.8 Å². The van der Waals surface area contributed by atoms with Crippen molar-refractivity contribution in [3.8, 4) is 5.75 Å². The van der Waals surface area contributed by atoms with E-state index in [-0.39, 0.29) is 0 Å². The van der Waals surface area contributed by atoms with Gasteiger partial charge in [0.05, 0.1) is 0 Å². The highest BCUT2D eigenvalue weighted by Gasteiger charge is 2.29. The molecule has 2 unspecified atom stereocenters. The van der Waals surface area contributed by atoms with E-state index in [1.807, 2.05) is 18.2 Å². The van der Waals surface area contributed by atoms with Gasteiger partial charge in [-0.25, -0.2) is 0 Å². The Bertz CT molecular complexity index is 375. The van der Waals surface area contributed by atoms with E-state index in [4.69, 9.17) is 0 Å². The molecule has 2 rings (SSSR count). The summed E-state index contributed by atoms with van der Waals surface area (Å²) in [5, 5.41) is 9.89. The van der Waals surface area contributed by atoms with Crippen molar-refractivity contribution in [2.24, 2.45) is 11.8 Å². The summed E-state index contributed by atoms with van der Waals surface area (Å²) in [6, 6.07) is 8.01. The quantitative estimate of drug-likeness (QED) is 0.864. The molecule has 1 aliphatic rings. The van der Waals surface area contributed by atoms with Crippen molar-refractivity contribution in [3.63, 3.8) is 0 Å². The predicted molar refractivity (Wildman–Crippen MR) is 71.0 cm³/mol. The molecule has 0 saturated carbocycles. The molecule has 0 radical (unpaired) electrons. The molecule has 0 aromatic heterocycles. The molecule has 2 atom stereocenters. The molecule has 1 fully saturated rings. The molecule has 0 bridgehead atoms. The van der Waals surface area contributed by atoms with E-state index in [1.165, 1.54) is 6.42 Å². The van der Waals surface area contributed by atoms with Gasteiger partial charge < -0.3 is 5.11 Å². The zero-order valence-corrected chi connectivity index (χ0v) is 11.1. The number of rotatable bonds is 3. The monoisotopic (exact) mass is 233 g/mol. The van der Waals surface area contributed by atoms with Gasteiger partial charge in [0.2, 0.25) is 0 Å². The average Bonchev–Trinajstić information content (AvgIpc) is 2.78. The van der Waals surface area contributed by atoms with Crippen LogP contribution in [0.15, 0.2) is 24.3 Å². The standard InChI is InChI=1S/C15H23NO/c1-11(2)13-8-9-16(10-13)12(3)14-6-4-5-7-15(14)17/h4-7,11-13,17H,8-10H2,1-3H3. The first-order chi connectivity index (χ1) is 8.09. The molecule has 2 nitrogen and oxygen atoms in total. The van der Waals surface area contributed by atoms with Crippen LogP contribution >= 0.6 is 0 Å². The summed E-state index contributed by atoms with van der Waals surface area (Å²) in [6.07, 6.45) is 1.29. The Kier molecular flexibility index (Phi) is 3.72. The second-order valence-electron chi connectivity index (χ2n) is 5.52. The highest BCUT2D eigenvalue weighted by Crippen LogP contribution is 2.33. The summed E-state index contributed by atoms with van der Waals surface area (Å²) in [5.74, 6) is 1.99. The molecular weight excluding hydrogens is 210 g/mol. The highest BCUT2D eigenvalue weighted by atomic mass is 16.3. The van der Waals surface area contributed by atoms with Gasteiger partial charge in [0.25, 0.3) is 0 Å². The van der Waals surface area contributed by atoms with E-state index in [1.54, 1.807) is 6.07 Å². The lowest BCUT2D eigenvalue weighted by molar-refractivity contribution is 0.238. The maximum atomic E-state index is 9.89. The van der Waals surface area contributed by atoms with E-state index >= 15 is 0 Å². The molecule has 0 aliphatic carbocycles. The number of likely N-dealkylation sites (tertiary alicyclic amines) is 1. The van der Waals surface area contributed by atoms with Crippen LogP contribution in [0.3, 0.4) is 0 Å². The first kappa shape index (κ1) is 12.4. The van der Waals surface area contributed by atoms with Gasteiger partial charge in [-0.05, 0) is 37.8 Å². The van der Waals surface area contributed by atoms with Gasteiger partial charge in [-0.1, -0.05) is 32.0 Å². The average molecular weight is 233 g/mol. The van der Waals surface area contributed by atoms with E-state index in [9.17, 15) is 5.11 Å². The van der Waals surface area contributed by atoms with Crippen LogP contribution in [0.5, 0.6) is 5.75 Å². The minimum absolute atomic E-state index is 0.319. The molecule has 94 valence electrons. The lowest BCUT2D eigenvalue weighted by Gasteiger charge is -2.26. The van der Waals surface area contributed by atoms with Crippen LogP contribution in [0.25, 0.3) is 0 Å². The lowest BCUT2D eigenvalue weighted by atomic mass is 9.95. The van der Waals surface area contributed by atoms with Gasteiger partial charge in [-0.15, -0.1) is 0 Å². The largest absolute Gasteiger partial charge is 0.508 e. The molecule has 17 heavy (non-hydrogen) atoms. The van der Waals surface area contributed by atoms with Crippen LogP contribution in [0.4, 0.5) is 0 Å². The Hall–Kier alpha value is -1.02. The number of nitrogens with zero attached hydrogens (tertiary/aromatic N) is 1. The number of phenols is 1.